The molecular formula is C25H30N4O3S2. The number of pyridine rings is 1. The Hall–Kier alpha value is -2.88. The van der Waals surface area contributed by atoms with E-state index >= 15 is 0 Å². The van der Waals surface area contributed by atoms with E-state index in [1.807, 2.05) is 54.6 Å². The zero-order valence-corrected chi connectivity index (χ0v) is 20.9. The third kappa shape index (κ3) is 7.31. The molecule has 0 fully saturated rings. The molecule has 0 spiro atoms. The minimum atomic E-state index is -1.04. The first-order valence-corrected chi connectivity index (χ1v) is 13.1. The van der Waals surface area contributed by atoms with Gasteiger partial charge in [0.1, 0.15) is 0 Å². The van der Waals surface area contributed by atoms with E-state index in [9.17, 15) is 9.00 Å². The molecule has 0 saturated heterocycles. The molecule has 4 N–H and O–H groups in total. The van der Waals surface area contributed by atoms with Gasteiger partial charge in [-0.25, -0.2) is 4.98 Å². The maximum absolute atomic E-state index is 12.7. The molecule has 9 heteroatoms. The minimum Gasteiger partial charge on any atom is -0.463 e. The lowest BCUT2D eigenvalue weighted by molar-refractivity contribution is -0.127. The molecule has 0 saturated carbocycles. The van der Waals surface area contributed by atoms with Crippen LogP contribution in [0.4, 0.5) is 5.69 Å². The van der Waals surface area contributed by atoms with Crippen molar-refractivity contribution in [1.29, 1.82) is 0 Å². The second-order valence-corrected chi connectivity index (χ2v) is 9.56. The molecule has 1 heterocycles. The van der Waals surface area contributed by atoms with Crippen LogP contribution >= 0.6 is 12.6 Å². The topological polar surface area (TPSA) is 106 Å². The lowest BCUT2D eigenvalue weighted by Crippen LogP contribution is -2.36. The summed E-state index contributed by atoms with van der Waals surface area (Å²) in [6, 6.07) is 20.7. The third-order valence-corrected chi connectivity index (χ3v) is 6.50. The summed E-state index contributed by atoms with van der Waals surface area (Å²) in [5, 5.41) is 6.12. The quantitative estimate of drug-likeness (QED) is 0.303. The molecule has 180 valence electrons. The van der Waals surface area contributed by atoms with Crippen molar-refractivity contribution in [1.82, 2.24) is 10.3 Å². The van der Waals surface area contributed by atoms with Crippen LogP contribution in [0.5, 0.6) is 5.88 Å². The van der Waals surface area contributed by atoms with Crippen molar-refractivity contribution < 1.29 is 13.7 Å². The fraction of sp³-hybridized carbons (Fsp3) is 0.280. The fourth-order valence-electron chi connectivity index (χ4n) is 3.09. The summed E-state index contributed by atoms with van der Waals surface area (Å²) in [6.45, 7) is 2.51. The summed E-state index contributed by atoms with van der Waals surface area (Å²) < 4.78 is 17.5. The average Bonchev–Trinajstić information content (AvgIpc) is 2.86. The van der Waals surface area contributed by atoms with E-state index in [0.29, 0.717) is 30.4 Å². The van der Waals surface area contributed by atoms with Gasteiger partial charge in [0, 0.05) is 52.4 Å². The molecule has 2 unspecified atom stereocenters. The highest BCUT2D eigenvalue weighted by atomic mass is 32.2. The molecule has 0 radical (unpaired) electrons. The number of amides is 1. The lowest BCUT2D eigenvalue weighted by Gasteiger charge is -2.19. The van der Waals surface area contributed by atoms with Gasteiger partial charge in [0.05, 0.1) is 11.4 Å². The Balaban J connectivity index is 1.71. The average molecular weight is 499 g/mol. The summed E-state index contributed by atoms with van der Waals surface area (Å²) in [5.74, 6) is 0.588. The van der Waals surface area contributed by atoms with Crippen molar-refractivity contribution in [3.8, 4) is 17.1 Å². The monoisotopic (exact) mass is 498 g/mol. The van der Waals surface area contributed by atoms with Crippen molar-refractivity contribution in [2.45, 2.75) is 30.5 Å². The molecule has 1 aromatic heterocycles. The first-order chi connectivity index (χ1) is 16.4. The molecule has 3 atom stereocenters. The molecule has 7 nitrogen and oxygen atoms in total. The first-order valence-electron chi connectivity index (χ1n) is 10.9. The summed E-state index contributed by atoms with van der Waals surface area (Å²) >= 11 is 4.22. The van der Waals surface area contributed by atoms with E-state index in [0.717, 1.165) is 21.7 Å². The smallest absolute Gasteiger partial charge is 0.261 e. The van der Waals surface area contributed by atoms with Gasteiger partial charge in [0.25, 0.3) is 5.91 Å². The summed E-state index contributed by atoms with van der Waals surface area (Å²) in [6.07, 6.45) is 0.853. The number of aromatic nitrogens is 1. The minimum absolute atomic E-state index is 0.137. The standard InChI is InChI=1S/C25H30N4O3S2/c1-17(24(30)28-14-18-8-10-21(11-9-18)34(2)31)32-25-23(27-15-20(26)16-33)13-12-22(29-25)19-6-4-3-5-7-19/h3-13,17,20,27,33H,14-16,26H2,1-2H3,(H,28,30)/t17-,20?,34?/m1/s1. The molecule has 3 rings (SSSR count). The summed E-state index contributed by atoms with van der Waals surface area (Å²) in [7, 11) is -1.04. The number of hydrogen-bond donors (Lipinski definition) is 4. The Bertz CT molecular complexity index is 1110. The number of rotatable bonds is 11. The highest BCUT2D eigenvalue weighted by molar-refractivity contribution is 7.84. The molecule has 0 aliphatic heterocycles. The number of nitrogens with zero attached hydrogens (tertiary/aromatic N) is 1. The predicted molar refractivity (Wildman–Crippen MR) is 141 cm³/mol. The molecule has 3 aromatic rings. The Morgan fingerprint density at radius 2 is 1.82 bits per heavy atom. The molecule has 2 aromatic carbocycles. The van der Waals surface area contributed by atoms with Gasteiger partial charge in [0.15, 0.2) is 6.10 Å². The molecule has 1 amide bonds. The Morgan fingerprint density at radius 1 is 1.12 bits per heavy atom. The van der Waals surface area contributed by atoms with Crippen molar-refractivity contribution in [3.05, 3.63) is 72.3 Å². The van der Waals surface area contributed by atoms with E-state index < -0.39 is 16.9 Å². The van der Waals surface area contributed by atoms with Gasteiger partial charge in [-0.3, -0.25) is 9.00 Å². The molecule has 34 heavy (non-hydrogen) atoms. The number of thiol groups is 1. The SMILES string of the molecule is C[C@@H](Oc1nc(-c2ccccc2)ccc1NCC(N)CS)C(=O)NCc1ccc(S(C)=O)cc1. The van der Waals surface area contributed by atoms with E-state index in [1.54, 1.807) is 25.3 Å². The maximum Gasteiger partial charge on any atom is 0.261 e. The number of carbonyl (C=O) groups is 1. The van der Waals surface area contributed by atoms with Crippen LogP contribution in [-0.2, 0) is 22.1 Å². The summed E-state index contributed by atoms with van der Waals surface area (Å²) in [4.78, 5) is 18.1. The number of anilines is 1. The zero-order valence-electron chi connectivity index (χ0n) is 19.2. The molecule has 0 aliphatic rings. The van der Waals surface area contributed by atoms with Crippen LogP contribution in [0.2, 0.25) is 0 Å². The third-order valence-electron chi connectivity index (χ3n) is 5.10. The van der Waals surface area contributed by atoms with Crippen molar-refractivity contribution in [2.24, 2.45) is 5.73 Å². The normalized spacial score (nSPS) is 13.5. The number of benzene rings is 2. The molecule has 0 bridgehead atoms. The highest BCUT2D eigenvalue weighted by Gasteiger charge is 2.18. The summed E-state index contributed by atoms with van der Waals surface area (Å²) in [5.41, 5.74) is 9.22. The Morgan fingerprint density at radius 3 is 2.47 bits per heavy atom. The lowest BCUT2D eigenvalue weighted by atomic mass is 10.1. The van der Waals surface area contributed by atoms with Crippen LogP contribution < -0.4 is 21.1 Å². The number of nitrogens with one attached hydrogen (secondary N) is 2. The van der Waals surface area contributed by atoms with Gasteiger partial charge in [-0.2, -0.15) is 12.6 Å². The van der Waals surface area contributed by atoms with Crippen LogP contribution in [0.25, 0.3) is 11.3 Å². The fourth-order valence-corrected chi connectivity index (χ4v) is 3.74. The molecular weight excluding hydrogens is 468 g/mol. The zero-order chi connectivity index (χ0) is 24.5. The van der Waals surface area contributed by atoms with E-state index in [2.05, 4.69) is 28.2 Å². The predicted octanol–water partition coefficient (Wildman–Crippen LogP) is 3.24. The number of carbonyl (C=O) groups excluding carboxylic acids is 1. The number of hydrogen-bond acceptors (Lipinski definition) is 7. The van der Waals surface area contributed by atoms with E-state index in [1.165, 1.54) is 0 Å². The second kappa shape index (κ2) is 12.5. The van der Waals surface area contributed by atoms with Gasteiger partial charge in [-0.15, -0.1) is 0 Å². The number of ether oxygens (including phenoxy) is 1. The van der Waals surface area contributed by atoms with Crippen LogP contribution in [0.3, 0.4) is 0 Å². The van der Waals surface area contributed by atoms with Crippen LogP contribution in [0.15, 0.2) is 71.6 Å². The number of nitrogens with two attached hydrogens (primary N) is 1. The maximum atomic E-state index is 12.7. The molecule has 0 aliphatic carbocycles. The van der Waals surface area contributed by atoms with Gasteiger partial charge >= 0.3 is 0 Å². The van der Waals surface area contributed by atoms with E-state index in [4.69, 9.17) is 10.5 Å². The van der Waals surface area contributed by atoms with Crippen LogP contribution in [0.1, 0.15) is 12.5 Å². The first kappa shape index (κ1) is 25.7. The van der Waals surface area contributed by atoms with E-state index in [-0.39, 0.29) is 11.9 Å². The highest BCUT2D eigenvalue weighted by Crippen LogP contribution is 2.28. The largest absolute Gasteiger partial charge is 0.463 e. The van der Waals surface area contributed by atoms with Crippen LogP contribution in [0, 0.1) is 0 Å². The van der Waals surface area contributed by atoms with Crippen molar-refractivity contribution in [3.63, 3.8) is 0 Å². The van der Waals surface area contributed by atoms with Crippen molar-refractivity contribution >= 4 is 35.0 Å². The van der Waals surface area contributed by atoms with Crippen molar-refractivity contribution in [2.75, 3.05) is 23.9 Å². The van der Waals surface area contributed by atoms with Crippen LogP contribution in [-0.4, -0.2) is 45.8 Å². The van der Waals surface area contributed by atoms with Gasteiger partial charge in [-0.1, -0.05) is 42.5 Å². The Kier molecular flexibility index (Phi) is 9.50. The second-order valence-electron chi connectivity index (χ2n) is 7.81. The van der Waals surface area contributed by atoms with Gasteiger partial charge < -0.3 is 21.1 Å². The van der Waals surface area contributed by atoms with Gasteiger partial charge in [-0.05, 0) is 36.8 Å². The Labute approximate surface area is 208 Å². The van der Waals surface area contributed by atoms with Gasteiger partial charge in [0.2, 0.25) is 5.88 Å².